The molecule has 0 heterocycles. The Hall–Kier alpha value is -0.0100. The maximum Gasteiger partial charge on any atom is 0.265 e. The average molecular weight is 284 g/mol. The highest BCUT2D eigenvalue weighted by Crippen LogP contribution is 2.30. The molecule has 0 aromatic heterocycles. The molecule has 0 saturated carbocycles. The number of ether oxygens (including phenoxy) is 1. The molecule has 0 aromatic rings. The molecule has 18 heavy (non-hydrogen) atoms. The standard InChI is InChI=1S/C10H25N2O5P/c1-3-12(4-2,6-9-16-8-5-11)7-10-17-18(13,14)15/h3-11H2,1-2H3,(H-,13,14,15). The second-order valence-electron chi connectivity index (χ2n) is 4.12. The fraction of sp³-hybridized carbons (Fsp3) is 1.00. The van der Waals surface area contributed by atoms with E-state index >= 15 is 0 Å². The molecule has 1 atom stereocenters. The second kappa shape index (κ2) is 8.98. The summed E-state index contributed by atoms with van der Waals surface area (Å²) in [7, 11) is -4.62. The van der Waals surface area contributed by atoms with Gasteiger partial charge in [-0.15, -0.1) is 0 Å². The molecule has 7 nitrogen and oxygen atoms in total. The molecule has 0 aliphatic rings. The van der Waals surface area contributed by atoms with Crippen LogP contribution in [0.4, 0.5) is 0 Å². The first-order chi connectivity index (χ1) is 8.39. The van der Waals surface area contributed by atoms with Crippen molar-refractivity contribution in [2.45, 2.75) is 13.8 Å². The maximum absolute atomic E-state index is 10.5. The quantitative estimate of drug-likeness (QED) is 0.295. The molecule has 0 rings (SSSR count). The molecular weight excluding hydrogens is 259 g/mol. The van der Waals surface area contributed by atoms with Crippen LogP contribution in [-0.2, 0) is 13.8 Å². The summed E-state index contributed by atoms with van der Waals surface area (Å²) in [6.45, 7) is 8.62. The molecule has 0 radical (unpaired) electrons. The molecule has 0 aromatic carbocycles. The van der Waals surface area contributed by atoms with E-state index in [0.717, 1.165) is 19.6 Å². The first-order valence-electron chi connectivity index (χ1n) is 6.20. The molecule has 0 amide bonds. The van der Waals surface area contributed by atoms with Gasteiger partial charge in [-0.2, -0.15) is 0 Å². The summed E-state index contributed by atoms with van der Waals surface area (Å²) in [5, 5.41) is 0. The van der Waals surface area contributed by atoms with Crippen molar-refractivity contribution < 1.29 is 28.1 Å². The molecule has 3 N–H and O–H groups in total. The molecule has 0 aliphatic heterocycles. The van der Waals surface area contributed by atoms with Gasteiger partial charge in [-0.05, 0) is 13.8 Å². The van der Waals surface area contributed by atoms with Crippen LogP contribution in [0.25, 0.3) is 0 Å². The molecule has 0 aliphatic carbocycles. The van der Waals surface area contributed by atoms with Crippen molar-refractivity contribution in [1.82, 2.24) is 0 Å². The normalized spacial score (nSPS) is 15.6. The third-order valence-electron chi connectivity index (χ3n) is 3.13. The fourth-order valence-electron chi connectivity index (χ4n) is 1.76. The van der Waals surface area contributed by atoms with Crippen LogP contribution in [0.15, 0.2) is 0 Å². The van der Waals surface area contributed by atoms with E-state index in [9.17, 15) is 9.46 Å². The SMILES string of the molecule is CC[N+](CC)(CCOCCN)CCOP(=O)([O-])O. The zero-order chi connectivity index (χ0) is 14.1. The van der Waals surface area contributed by atoms with Crippen LogP contribution in [0, 0.1) is 0 Å². The van der Waals surface area contributed by atoms with E-state index in [-0.39, 0.29) is 6.61 Å². The summed E-state index contributed by atoms with van der Waals surface area (Å²) in [4.78, 5) is 19.0. The van der Waals surface area contributed by atoms with Crippen molar-refractivity contribution in [3.8, 4) is 0 Å². The first-order valence-corrected chi connectivity index (χ1v) is 7.70. The highest BCUT2D eigenvalue weighted by atomic mass is 31.2. The van der Waals surface area contributed by atoms with E-state index in [1.807, 2.05) is 13.8 Å². The Bertz CT molecular complexity index is 255. The molecule has 0 saturated heterocycles. The van der Waals surface area contributed by atoms with Crippen LogP contribution in [0.3, 0.4) is 0 Å². The third-order valence-corrected chi connectivity index (χ3v) is 3.64. The molecule has 0 bridgehead atoms. The van der Waals surface area contributed by atoms with Crippen LogP contribution >= 0.6 is 7.82 Å². The lowest BCUT2D eigenvalue weighted by Crippen LogP contribution is -2.51. The van der Waals surface area contributed by atoms with Gasteiger partial charge < -0.3 is 29.3 Å². The molecule has 1 unspecified atom stereocenters. The van der Waals surface area contributed by atoms with Gasteiger partial charge in [0.2, 0.25) is 0 Å². The summed E-state index contributed by atoms with van der Waals surface area (Å²) in [5.41, 5.74) is 5.33. The lowest BCUT2D eigenvalue weighted by molar-refractivity contribution is -0.925. The van der Waals surface area contributed by atoms with Gasteiger partial charge in [-0.25, -0.2) is 0 Å². The van der Waals surface area contributed by atoms with Gasteiger partial charge in [0.1, 0.15) is 19.7 Å². The molecule has 0 spiro atoms. The Morgan fingerprint density at radius 3 is 2.22 bits per heavy atom. The van der Waals surface area contributed by atoms with Gasteiger partial charge in [0.05, 0.1) is 26.3 Å². The Morgan fingerprint density at radius 2 is 1.78 bits per heavy atom. The minimum absolute atomic E-state index is 0.0180. The molecule has 110 valence electrons. The van der Waals surface area contributed by atoms with Gasteiger partial charge in [-0.3, -0.25) is 4.57 Å². The Kier molecular flexibility index (Phi) is 8.98. The van der Waals surface area contributed by atoms with Crippen molar-refractivity contribution in [3.63, 3.8) is 0 Å². The Morgan fingerprint density at radius 1 is 1.22 bits per heavy atom. The number of rotatable bonds is 11. The van der Waals surface area contributed by atoms with E-state index in [1.54, 1.807) is 0 Å². The summed E-state index contributed by atoms with van der Waals surface area (Å²) < 4.78 is 20.9. The van der Waals surface area contributed by atoms with Gasteiger partial charge in [0, 0.05) is 6.54 Å². The minimum Gasteiger partial charge on any atom is -0.756 e. The number of nitrogens with two attached hydrogens (primary N) is 1. The lowest BCUT2D eigenvalue weighted by atomic mass is 10.3. The first kappa shape index (κ1) is 18.0. The van der Waals surface area contributed by atoms with Gasteiger partial charge in [-0.1, -0.05) is 0 Å². The van der Waals surface area contributed by atoms with Crippen molar-refractivity contribution in [1.29, 1.82) is 0 Å². The van der Waals surface area contributed by atoms with E-state index in [4.69, 9.17) is 15.4 Å². The van der Waals surface area contributed by atoms with E-state index in [0.29, 0.717) is 30.8 Å². The van der Waals surface area contributed by atoms with Crippen LogP contribution in [-0.4, -0.2) is 61.9 Å². The predicted molar refractivity (Wildman–Crippen MR) is 66.7 cm³/mol. The van der Waals surface area contributed by atoms with Crippen LogP contribution in [0.5, 0.6) is 0 Å². The van der Waals surface area contributed by atoms with Crippen LogP contribution in [0.2, 0.25) is 0 Å². The number of likely N-dealkylation sites (N-methyl/N-ethyl adjacent to an activating group) is 1. The van der Waals surface area contributed by atoms with Crippen molar-refractivity contribution in [2.75, 3.05) is 52.5 Å². The number of phosphoric acid groups is 1. The second-order valence-corrected chi connectivity index (χ2v) is 5.32. The topological polar surface area (TPSA) is 105 Å². The molecule has 8 heteroatoms. The fourth-order valence-corrected chi connectivity index (χ4v) is 2.07. The highest BCUT2D eigenvalue weighted by molar-refractivity contribution is 7.44. The zero-order valence-corrected chi connectivity index (χ0v) is 12.1. The molecular formula is C10H25N2O5P. The summed E-state index contributed by atoms with van der Waals surface area (Å²) in [6.07, 6.45) is 0. The van der Waals surface area contributed by atoms with Crippen molar-refractivity contribution >= 4 is 7.82 Å². The number of quaternary nitrogens is 1. The summed E-state index contributed by atoms with van der Waals surface area (Å²) in [6, 6.07) is 0. The Labute approximate surface area is 109 Å². The van der Waals surface area contributed by atoms with Crippen molar-refractivity contribution in [3.05, 3.63) is 0 Å². The van der Waals surface area contributed by atoms with Gasteiger partial charge in [0.15, 0.2) is 0 Å². The third kappa shape index (κ3) is 8.16. The highest BCUT2D eigenvalue weighted by Gasteiger charge is 2.23. The number of nitrogens with zero attached hydrogens (tertiary/aromatic N) is 1. The Balaban J connectivity index is 4.12. The number of hydrogen-bond acceptors (Lipinski definition) is 5. The van der Waals surface area contributed by atoms with Gasteiger partial charge in [0.25, 0.3) is 7.82 Å². The number of phosphoric ester groups is 1. The summed E-state index contributed by atoms with van der Waals surface area (Å²) >= 11 is 0. The van der Waals surface area contributed by atoms with E-state index in [1.165, 1.54) is 0 Å². The van der Waals surface area contributed by atoms with Crippen LogP contribution in [0.1, 0.15) is 13.8 Å². The van der Waals surface area contributed by atoms with Crippen LogP contribution < -0.4 is 10.6 Å². The smallest absolute Gasteiger partial charge is 0.265 e. The number of hydrogen-bond donors (Lipinski definition) is 2. The lowest BCUT2D eigenvalue weighted by Gasteiger charge is -2.37. The molecule has 0 fully saturated rings. The summed E-state index contributed by atoms with van der Waals surface area (Å²) in [5.74, 6) is 0. The largest absolute Gasteiger partial charge is 0.756 e. The predicted octanol–water partition coefficient (Wildman–Crippen LogP) is -0.704. The van der Waals surface area contributed by atoms with E-state index in [2.05, 4.69) is 4.52 Å². The van der Waals surface area contributed by atoms with Gasteiger partial charge >= 0.3 is 0 Å². The monoisotopic (exact) mass is 284 g/mol. The van der Waals surface area contributed by atoms with E-state index < -0.39 is 7.82 Å². The minimum atomic E-state index is -4.62. The zero-order valence-electron chi connectivity index (χ0n) is 11.2. The average Bonchev–Trinajstić information content (AvgIpc) is 2.31. The van der Waals surface area contributed by atoms with Crippen molar-refractivity contribution in [2.24, 2.45) is 5.73 Å². The maximum atomic E-state index is 10.5.